The number of fused-ring (bicyclic) bond motifs is 1. The van der Waals surface area contributed by atoms with E-state index in [1.807, 2.05) is 18.2 Å². The molecule has 0 aliphatic rings. The van der Waals surface area contributed by atoms with E-state index in [2.05, 4.69) is 15.8 Å². The summed E-state index contributed by atoms with van der Waals surface area (Å²) in [6.45, 7) is 0. The number of hydrogen-bond donors (Lipinski definition) is 2. The van der Waals surface area contributed by atoms with Crippen molar-refractivity contribution < 1.29 is 14.0 Å². The first-order valence-electron chi connectivity index (χ1n) is 6.96. The van der Waals surface area contributed by atoms with Gasteiger partial charge in [0.15, 0.2) is 0 Å². The van der Waals surface area contributed by atoms with Gasteiger partial charge in [-0.05, 0) is 30.3 Å². The van der Waals surface area contributed by atoms with E-state index in [0.29, 0.717) is 5.52 Å². The number of amides is 2. The molecule has 0 fully saturated rings. The van der Waals surface area contributed by atoms with Crippen LogP contribution in [-0.4, -0.2) is 16.8 Å². The van der Waals surface area contributed by atoms with Gasteiger partial charge in [-0.15, -0.1) is 0 Å². The minimum Gasteiger partial charge on any atom is -0.267 e. The maximum atomic E-state index is 13.0. The van der Waals surface area contributed by atoms with Gasteiger partial charge in [0, 0.05) is 5.39 Å². The smallest absolute Gasteiger partial charge is 0.267 e. The summed E-state index contributed by atoms with van der Waals surface area (Å²) in [5.41, 5.74) is 5.33. The van der Waals surface area contributed by atoms with Crippen LogP contribution in [0.5, 0.6) is 0 Å². The van der Waals surface area contributed by atoms with Crippen molar-refractivity contribution in [2.75, 3.05) is 0 Å². The topological polar surface area (TPSA) is 71.1 Å². The normalized spacial score (nSPS) is 10.4. The second-order valence-corrected chi connectivity index (χ2v) is 5.33. The Kier molecular flexibility index (Phi) is 4.39. The number of para-hydroxylation sites is 1. The molecule has 0 unspecified atom stereocenters. The van der Waals surface area contributed by atoms with Crippen LogP contribution in [-0.2, 0) is 0 Å². The highest BCUT2D eigenvalue weighted by Gasteiger charge is 2.13. The fourth-order valence-corrected chi connectivity index (χ4v) is 2.36. The molecule has 0 aliphatic carbocycles. The van der Waals surface area contributed by atoms with E-state index < -0.39 is 17.6 Å². The number of nitrogens with one attached hydrogen (secondary N) is 2. The fraction of sp³-hybridized carbons (Fsp3) is 0. The van der Waals surface area contributed by atoms with Gasteiger partial charge in [0.2, 0.25) is 0 Å². The average Bonchev–Trinajstić information content (AvgIpc) is 2.59. The number of benzene rings is 2. The number of pyridine rings is 1. The fourth-order valence-electron chi connectivity index (χ4n) is 2.11. The Hall–Kier alpha value is -2.99. The van der Waals surface area contributed by atoms with E-state index in [0.717, 1.165) is 17.5 Å². The highest BCUT2D eigenvalue weighted by Crippen LogP contribution is 2.17. The summed E-state index contributed by atoms with van der Waals surface area (Å²) in [5.74, 6) is -1.79. The Bertz CT molecular complexity index is 946. The molecule has 3 rings (SSSR count). The zero-order valence-electron chi connectivity index (χ0n) is 12.2. The van der Waals surface area contributed by atoms with Crippen molar-refractivity contribution >= 4 is 34.3 Å². The van der Waals surface area contributed by atoms with Crippen LogP contribution in [0, 0.1) is 5.82 Å². The quantitative estimate of drug-likeness (QED) is 0.702. The highest BCUT2D eigenvalue weighted by atomic mass is 35.5. The predicted molar refractivity (Wildman–Crippen MR) is 88.1 cm³/mol. The molecular weight excluding hydrogens is 333 g/mol. The van der Waals surface area contributed by atoms with Crippen molar-refractivity contribution in [2.24, 2.45) is 0 Å². The van der Waals surface area contributed by atoms with E-state index in [-0.39, 0.29) is 16.3 Å². The van der Waals surface area contributed by atoms with Gasteiger partial charge in [0.05, 0.1) is 16.1 Å². The molecule has 7 heteroatoms. The maximum Gasteiger partial charge on any atom is 0.288 e. The minimum absolute atomic E-state index is 0.0461. The minimum atomic E-state index is -0.658. The lowest BCUT2D eigenvalue weighted by atomic mass is 10.2. The molecule has 0 atom stereocenters. The van der Waals surface area contributed by atoms with Crippen molar-refractivity contribution in [2.45, 2.75) is 0 Å². The van der Waals surface area contributed by atoms with Gasteiger partial charge in [-0.3, -0.25) is 20.4 Å². The van der Waals surface area contributed by atoms with Gasteiger partial charge >= 0.3 is 0 Å². The largest absolute Gasteiger partial charge is 0.288 e. The lowest BCUT2D eigenvalue weighted by Gasteiger charge is -2.08. The molecule has 2 amide bonds. The number of carbonyl (C=O) groups excluding carboxylic acids is 2. The molecule has 1 aromatic heterocycles. The van der Waals surface area contributed by atoms with E-state index in [4.69, 9.17) is 11.6 Å². The Labute approximate surface area is 141 Å². The molecule has 5 nitrogen and oxygen atoms in total. The predicted octanol–water partition coefficient (Wildman–Crippen LogP) is 3.10. The molecule has 120 valence electrons. The lowest BCUT2D eigenvalue weighted by molar-refractivity contribution is 0.0844. The zero-order chi connectivity index (χ0) is 17.1. The molecule has 1 heterocycles. The molecule has 0 saturated heterocycles. The van der Waals surface area contributed by atoms with Crippen LogP contribution in [0.25, 0.3) is 10.9 Å². The van der Waals surface area contributed by atoms with Crippen LogP contribution < -0.4 is 10.9 Å². The maximum absolute atomic E-state index is 13.0. The third-order valence-electron chi connectivity index (χ3n) is 3.30. The standard InChI is InChI=1S/C17H11ClFN3O2/c18-13-9-11(19)6-7-12(13)16(23)21-22-17(24)15-8-5-10-3-1-2-4-14(10)20-15/h1-9H,(H,21,23)(H,22,24). The molecule has 2 N–H and O–H groups in total. The third kappa shape index (κ3) is 3.33. The lowest BCUT2D eigenvalue weighted by Crippen LogP contribution is -2.42. The number of rotatable bonds is 2. The number of hydrogen-bond acceptors (Lipinski definition) is 3. The molecule has 0 saturated carbocycles. The molecule has 3 aromatic rings. The van der Waals surface area contributed by atoms with E-state index in [9.17, 15) is 14.0 Å². The monoisotopic (exact) mass is 343 g/mol. The second kappa shape index (κ2) is 6.64. The van der Waals surface area contributed by atoms with Gasteiger partial charge < -0.3 is 0 Å². The van der Waals surface area contributed by atoms with Gasteiger partial charge in [-0.25, -0.2) is 9.37 Å². The molecule has 0 radical (unpaired) electrons. The van der Waals surface area contributed by atoms with Gasteiger partial charge in [0.25, 0.3) is 11.8 Å². The summed E-state index contributed by atoms with van der Waals surface area (Å²) in [5, 5.41) is 0.849. The summed E-state index contributed by atoms with van der Waals surface area (Å²) >= 11 is 5.80. The second-order valence-electron chi connectivity index (χ2n) is 4.92. The van der Waals surface area contributed by atoms with E-state index >= 15 is 0 Å². The molecule has 2 aromatic carbocycles. The van der Waals surface area contributed by atoms with Gasteiger partial charge in [-0.2, -0.15) is 0 Å². The van der Waals surface area contributed by atoms with Crippen LogP contribution in [0.4, 0.5) is 4.39 Å². The Morgan fingerprint density at radius 3 is 2.50 bits per heavy atom. The van der Waals surface area contributed by atoms with Crippen molar-refractivity contribution in [1.29, 1.82) is 0 Å². The van der Waals surface area contributed by atoms with Crippen molar-refractivity contribution in [1.82, 2.24) is 15.8 Å². The number of hydrazine groups is 1. The van der Waals surface area contributed by atoms with Crippen molar-refractivity contribution in [3.63, 3.8) is 0 Å². The summed E-state index contributed by atoms with van der Waals surface area (Å²) in [7, 11) is 0. The highest BCUT2D eigenvalue weighted by molar-refractivity contribution is 6.33. The summed E-state index contributed by atoms with van der Waals surface area (Å²) in [6, 6.07) is 14.0. The zero-order valence-corrected chi connectivity index (χ0v) is 13.0. The number of aromatic nitrogens is 1. The van der Waals surface area contributed by atoms with Gasteiger partial charge in [-0.1, -0.05) is 35.9 Å². The summed E-state index contributed by atoms with van der Waals surface area (Å²) in [6.07, 6.45) is 0. The first-order chi connectivity index (χ1) is 11.5. The van der Waals surface area contributed by atoms with Crippen molar-refractivity contribution in [3.05, 3.63) is 76.7 Å². The van der Waals surface area contributed by atoms with Crippen LogP contribution in [0.2, 0.25) is 5.02 Å². The van der Waals surface area contributed by atoms with Crippen LogP contribution in [0.1, 0.15) is 20.8 Å². The van der Waals surface area contributed by atoms with Crippen molar-refractivity contribution in [3.8, 4) is 0 Å². The van der Waals surface area contributed by atoms with Crippen LogP contribution in [0.3, 0.4) is 0 Å². The molecule has 0 aliphatic heterocycles. The molecule has 24 heavy (non-hydrogen) atoms. The number of halogens is 2. The summed E-state index contributed by atoms with van der Waals surface area (Å²) in [4.78, 5) is 28.3. The number of carbonyl (C=O) groups is 2. The van der Waals surface area contributed by atoms with Crippen LogP contribution >= 0.6 is 11.6 Å². The van der Waals surface area contributed by atoms with Gasteiger partial charge in [0.1, 0.15) is 11.5 Å². The van der Waals surface area contributed by atoms with E-state index in [1.165, 1.54) is 6.07 Å². The Morgan fingerprint density at radius 2 is 1.71 bits per heavy atom. The Morgan fingerprint density at radius 1 is 0.958 bits per heavy atom. The molecule has 0 spiro atoms. The Balaban J connectivity index is 1.71. The third-order valence-corrected chi connectivity index (χ3v) is 3.61. The first kappa shape index (κ1) is 15.9. The molecule has 0 bridgehead atoms. The van der Waals surface area contributed by atoms with E-state index in [1.54, 1.807) is 18.2 Å². The van der Waals surface area contributed by atoms with Crippen LogP contribution in [0.15, 0.2) is 54.6 Å². The first-order valence-corrected chi connectivity index (χ1v) is 7.34. The number of nitrogens with zero attached hydrogens (tertiary/aromatic N) is 1. The average molecular weight is 344 g/mol. The summed E-state index contributed by atoms with van der Waals surface area (Å²) < 4.78 is 13.0. The molecular formula is C17H11ClFN3O2. The SMILES string of the molecule is O=C(NNC(=O)c1ccc(F)cc1Cl)c1ccc2ccccc2n1.